The molecule has 0 aliphatic carbocycles. The summed E-state index contributed by atoms with van der Waals surface area (Å²) in [5.74, 6) is 0.733. The molecular weight excluding hydrogens is 172 g/mol. The van der Waals surface area contributed by atoms with Crippen molar-refractivity contribution in [2.24, 2.45) is 11.3 Å². The highest BCUT2D eigenvalue weighted by Crippen LogP contribution is 2.32. The fourth-order valence-corrected chi connectivity index (χ4v) is 1.46. The lowest BCUT2D eigenvalue weighted by Gasteiger charge is -2.29. The van der Waals surface area contributed by atoms with E-state index in [2.05, 4.69) is 34.6 Å². The minimum Gasteiger partial charge on any atom is -0.295 e. The first-order valence-corrected chi connectivity index (χ1v) is 5.42. The van der Waals surface area contributed by atoms with E-state index in [1.165, 1.54) is 5.57 Å². The Morgan fingerprint density at radius 1 is 1.21 bits per heavy atom. The van der Waals surface area contributed by atoms with Crippen LogP contribution in [0.25, 0.3) is 0 Å². The fourth-order valence-electron chi connectivity index (χ4n) is 1.46. The number of ketones is 1. The van der Waals surface area contributed by atoms with Crippen LogP contribution in [0.4, 0.5) is 0 Å². The van der Waals surface area contributed by atoms with Crippen molar-refractivity contribution >= 4 is 5.78 Å². The number of hydrogen-bond donors (Lipinski definition) is 0. The lowest BCUT2D eigenvalue weighted by atomic mass is 9.76. The SMILES string of the molecule is CCC(=O)C(C)=C(C)C(C)C(C)(C)C. The van der Waals surface area contributed by atoms with Crippen LogP contribution < -0.4 is 0 Å². The Bertz CT molecular complexity index is 240. The first-order valence-electron chi connectivity index (χ1n) is 5.42. The van der Waals surface area contributed by atoms with E-state index in [0.29, 0.717) is 12.3 Å². The smallest absolute Gasteiger partial charge is 0.158 e. The Morgan fingerprint density at radius 2 is 1.64 bits per heavy atom. The van der Waals surface area contributed by atoms with Crippen LogP contribution >= 0.6 is 0 Å². The molecule has 0 N–H and O–H groups in total. The molecule has 0 saturated heterocycles. The predicted octanol–water partition coefficient (Wildman–Crippen LogP) is 3.98. The number of carbonyl (C=O) groups excluding carboxylic acids is 1. The number of allylic oxidation sites excluding steroid dienone is 2. The second-order valence-corrected chi connectivity index (χ2v) is 5.17. The van der Waals surface area contributed by atoms with Gasteiger partial charge in [0, 0.05) is 6.42 Å². The first kappa shape index (κ1) is 13.4. The van der Waals surface area contributed by atoms with Gasteiger partial charge in [-0.15, -0.1) is 0 Å². The maximum absolute atomic E-state index is 11.5. The molecule has 0 aromatic rings. The Balaban J connectivity index is 4.92. The topological polar surface area (TPSA) is 17.1 Å². The third kappa shape index (κ3) is 3.28. The molecule has 1 unspecified atom stereocenters. The van der Waals surface area contributed by atoms with Gasteiger partial charge in [0.2, 0.25) is 0 Å². The van der Waals surface area contributed by atoms with Crippen LogP contribution in [0, 0.1) is 11.3 Å². The summed E-state index contributed by atoms with van der Waals surface area (Å²) >= 11 is 0. The molecule has 0 radical (unpaired) electrons. The lowest BCUT2D eigenvalue weighted by Crippen LogP contribution is -2.20. The predicted molar refractivity (Wildman–Crippen MR) is 62.3 cm³/mol. The van der Waals surface area contributed by atoms with E-state index in [1.807, 2.05) is 13.8 Å². The molecule has 0 saturated carbocycles. The molecule has 1 nitrogen and oxygen atoms in total. The summed E-state index contributed by atoms with van der Waals surface area (Å²) in [6.45, 7) is 14.8. The van der Waals surface area contributed by atoms with Gasteiger partial charge >= 0.3 is 0 Å². The van der Waals surface area contributed by atoms with E-state index in [9.17, 15) is 4.79 Å². The number of carbonyl (C=O) groups is 1. The minimum absolute atomic E-state index is 0.235. The normalized spacial score (nSPS) is 16.2. The van der Waals surface area contributed by atoms with Crippen LogP contribution in [0.1, 0.15) is 54.9 Å². The summed E-state index contributed by atoms with van der Waals surface area (Å²) in [7, 11) is 0. The van der Waals surface area contributed by atoms with Crippen molar-refractivity contribution in [1.82, 2.24) is 0 Å². The van der Waals surface area contributed by atoms with Gasteiger partial charge in [0.1, 0.15) is 0 Å². The molecule has 1 heteroatoms. The summed E-state index contributed by atoms with van der Waals surface area (Å²) in [4.78, 5) is 11.5. The van der Waals surface area contributed by atoms with Crippen LogP contribution in [0.2, 0.25) is 0 Å². The summed E-state index contributed by atoms with van der Waals surface area (Å²) < 4.78 is 0. The van der Waals surface area contributed by atoms with Crippen molar-refractivity contribution < 1.29 is 4.79 Å². The lowest BCUT2D eigenvalue weighted by molar-refractivity contribution is -0.115. The van der Waals surface area contributed by atoms with E-state index in [-0.39, 0.29) is 11.2 Å². The molecule has 0 amide bonds. The molecule has 0 aliphatic rings. The van der Waals surface area contributed by atoms with E-state index < -0.39 is 0 Å². The summed E-state index contributed by atoms with van der Waals surface area (Å²) in [6, 6.07) is 0. The molecule has 0 aromatic carbocycles. The van der Waals surface area contributed by atoms with Gasteiger partial charge in [-0.2, -0.15) is 0 Å². The monoisotopic (exact) mass is 196 g/mol. The highest BCUT2D eigenvalue weighted by molar-refractivity contribution is 5.95. The van der Waals surface area contributed by atoms with E-state index in [0.717, 1.165) is 5.57 Å². The van der Waals surface area contributed by atoms with Gasteiger partial charge in [0.25, 0.3) is 0 Å². The van der Waals surface area contributed by atoms with E-state index in [4.69, 9.17) is 0 Å². The van der Waals surface area contributed by atoms with Crippen molar-refractivity contribution in [3.8, 4) is 0 Å². The largest absolute Gasteiger partial charge is 0.295 e. The molecule has 0 spiro atoms. The van der Waals surface area contributed by atoms with Crippen molar-refractivity contribution in [2.45, 2.75) is 54.9 Å². The van der Waals surface area contributed by atoms with Crippen LogP contribution in [-0.4, -0.2) is 5.78 Å². The minimum atomic E-state index is 0.235. The van der Waals surface area contributed by atoms with Crippen LogP contribution in [-0.2, 0) is 4.79 Å². The zero-order valence-corrected chi connectivity index (χ0v) is 10.7. The maximum Gasteiger partial charge on any atom is 0.158 e. The van der Waals surface area contributed by atoms with Crippen molar-refractivity contribution in [1.29, 1.82) is 0 Å². The van der Waals surface area contributed by atoms with Gasteiger partial charge in [0.05, 0.1) is 0 Å². The van der Waals surface area contributed by atoms with Gasteiger partial charge in [-0.3, -0.25) is 4.79 Å². The zero-order chi connectivity index (χ0) is 11.5. The van der Waals surface area contributed by atoms with Gasteiger partial charge < -0.3 is 0 Å². The van der Waals surface area contributed by atoms with Crippen LogP contribution in [0.15, 0.2) is 11.1 Å². The van der Waals surface area contributed by atoms with Crippen LogP contribution in [0.5, 0.6) is 0 Å². The molecule has 0 bridgehead atoms. The van der Waals surface area contributed by atoms with Crippen LogP contribution in [0.3, 0.4) is 0 Å². The summed E-state index contributed by atoms with van der Waals surface area (Å²) in [5, 5.41) is 0. The second kappa shape index (κ2) is 4.77. The number of hydrogen-bond acceptors (Lipinski definition) is 1. The molecule has 0 aromatic heterocycles. The van der Waals surface area contributed by atoms with E-state index >= 15 is 0 Å². The summed E-state index contributed by atoms with van der Waals surface area (Å²) in [5.41, 5.74) is 2.43. The molecule has 0 fully saturated rings. The Kier molecular flexibility index (Phi) is 4.57. The standard InChI is InChI=1S/C13H24O/c1-8-12(14)10(3)9(2)11(4)13(5,6)7/h11H,8H2,1-7H3. The second-order valence-electron chi connectivity index (χ2n) is 5.17. The van der Waals surface area contributed by atoms with Gasteiger partial charge in [-0.1, -0.05) is 40.2 Å². The molecule has 0 rings (SSSR count). The van der Waals surface area contributed by atoms with Crippen molar-refractivity contribution in [2.75, 3.05) is 0 Å². The number of rotatable bonds is 3. The van der Waals surface area contributed by atoms with Gasteiger partial charge in [-0.25, -0.2) is 0 Å². The van der Waals surface area contributed by atoms with Gasteiger partial charge in [-0.05, 0) is 30.8 Å². The van der Waals surface area contributed by atoms with Crippen molar-refractivity contribution in [3.63, 3.8) is 0 Å². The molecule has 14 heavy (non-hydrogen) atoms. The molecule has 0 heterocycles. The Labute approximate surface area is 88.6 Å². The average molecular weight is 196 g/mol. The maximum atomic E-state index is 11.5. The molecule has 1 atom stereocenters. The Morgan fingerprint density at radius 3 is 1.93 bits per heavy atom. The Hall–Kier alpha value is -0.590. The quantitative estimate of drug-likeness (QED) is 0.624. The average Bonchev–Trinajstić information content (AvgIpc) is 2.11. The highest BCUT2D eigenvalue weighted by Gasteiger charge is 2.23. The molecular formula is C13H24O. The van der Waals surface area contributed by atoms with E-state index in [1.54, 1.807) is 0 Å². The zero-order valence-electron chi connectivity index (χ0n) is 10.7. The third-order valence-corrected chi connectivity index (χ3v) is 3.28. The summed E-state index contributed by atoms with van der Waals surface area (Å²) in [6.07, 6.45) is 0.611. The first-order chi connectivity index (χ1) is 6.21. The van der Waals surface area contributed by atoms with Gasteiger partial charge in [0.15, 0.2) is 5.78 Å². The van der Waals surface area contributed by atoms with Crippen molar-refractivity contribution in [3.05, 3.63) is 11.1 Å². The molecule has 82 valence electrons. The number of Topliss-reactive ketones (excluding diaryl/α,β-unsaturated/α-hetero) is 1. The fraction of sp³-hybridized carbons (Fsp3) is 0.769. The highest BCUT2D eigenvalue weighted by atomic mass is 16.1. The molecule has 0 aliphatic heterocycles. The third-order valence-electron chi connectivity index (χ3n) is 3.28.